The Morgan fingerprint density at radius 3 is 2.78 bits per heavy atom. The van der Waals surface area contributed by atoms with Crippen LogP contribution in [0.3, 0.4) is 0 Å². The number of rotatable bonds is 2. The van der Waals surface area contributed by atoms with Crippen LogP contribution < -0.4 is 4.90 Å². The van der Waals surface area contributed by atoms with E-state index in [0.29, 0.717) is 5.69 Å². The van der Waals surface area contributed by atoms with Crippen molar-refractivity contribution in [3.8, 4) is 0 Å². The fraction of sp³-hybridized carbons (Fsp3) is 0.471. The second-order valence-corrected chi connectivity index (χ2v) is 6.63. The predicted octanol–water partition coefficient (Wildman–Crippen LogP) is 1.94. The molecule has 2 aromatic rings. The molecule has 0 aromatic carbocycles. The number of hydrogen-bond donors (Lipinski definition) is 1. The molecule has 2 aliphatic heterocycles. The highest BCUT2D eigenvalue weighted by atomic mass is 16.2. The van der Waals surface area contributed by atoms with E-state index in [0.717, 1.165) is 45.0 Å². The molecule has 2 aromatic heterocycles. The van der Waals surface area contributed by atoms with Crippen molar-refractivity contribution >= 4 is 11.9 Å². The Hall–Kier alpha value is -2.37. The zero-order chi connectivity index (χ0) is 15.7. The van der Waals surface area contributed by atoms with Crippen LogP contribution in [0.4, 0.5) is 5.95 Å². The molecular weight excluding hydrogens is 290 g/mol. The van der Waals surface area contributed by atoms with Crippen molar-refractivity contribution in [3.63, 3.8) is 0 Å². The van der Waals surface area contributed by atoms with E-state index in [-0.39, 0.29) is 11.3 Å². The van der Waals surface area contributed by atoms with Crippen LogP contribution >= 0.6 is 0 Å². The molecular formula is C17H21N5O. The Morgan fingerprint density at radius 2 is 2.00 bits per heavy atom. The van der Waals surface area contributed by atoms with Crippen molar-refractivity contribution in [2.75, 3.05) is 31.1 Å². The van der Waals surface area contributed by atoms with E-state index in [4.69, 9.17) is 0 Å². The number of carbonyl (C=O) groups excluding carboxylic acids is 1. The molecule has 1 N–H and O–H groups in total. The lowest BCUT2D eigenvalue weighted by Gasteiger charge is -2.40. The van der Waals surface area contributed by atoms with Crippen LogP contribution in [0.1, 0.15) is 29.8 Å². The topological polar surface area (TPSA) is 65.1 Å². The van der Waals surface area contributed by atoms with Gasteiger partial charge in [0, 0.05) is 50.2 Å². The molecule has 1 unspecified atom stereocenters. The number of H-pyrrole nitrogens is 1. The van der Waals surface area contributed by atoms with Gasteiger partial charge in [-0.15, -0.1) is 0 Å². The van der Waals surface area contributed by atoms with Crippen molar-refractivity contribution in [2.45, 2.75) is 19.3 Å². The highest BCUT2D eigenvalue weighted by molar-refractivity contribution is 5.92. The van der Waals surface area contributed by atoms with Crippen LogP contribution in [0.25, 0.3) is 0 Å². The maximum atomic E-state index is 12.5. The first-order chi connectivity index (χ1) is 11.3. The molecule has 0 radical (unpaired) electrons. The van der Waals surface area contributed by atoms with E-state index in [1.54, 1.807) is 18.6 Å². The minimum Gasteiger partial charge on any atom is -0.357 e. The number of carbonyl (C=O) groups is 1. The van der Waals surface area contributed by atoms with Crippen molar-refractivity contribution in [1.82, 2.24) is 19.9 Å². The van der Waals surface area contributed by atoms with E-state index in [9.17, 15) is 4.79 Å². The Kier molecular flexibility index (Phi) is 3.52. The molecule has 4 rings (SSSR count). The zero-order valence-electron chi connectivity index (χ0n) is 13.1. The SMILES string of the molecule is O=C(c1ccc[nH]1)N1CCC2(CCCN(c3ncccn3)C2)C1. The van der Waals surface area contributed by atoms with Crippen molar-refractivity contribution < 1.29 is 4.79 Å². The van der Waals surface area contributed by atoms with Gasteiger partial charge >= 0.3 is 0 Å². The number of anilines is 1. The quantitative estimate of drug-likeness (QED) is 0.920. The molecule has 6 nitrogen and oxygen atoms in total. The molecule has 2 fully saturated rings. The normalized spacial score (nSPS) is 24.3. The Labute approximate surface area is 135 Å². The van der Waals surface area contributed by atoms with Gasteiger partial charge in [0.25, 0.3) is 5.91 Å². The van der Waals surface area contributed by atoms with Crippen LogP contribution in [0, 0.1) is 5.41 Å². The maximum absolute atomic E-state index is 12.5. The summed E-state index contributed by atoms with van der Waals surface area (Å²) in [5.41, 5.74) is 0.862. The summed E-state index contributed by atoms with van der Waals surface area (Å²) < 4.78 is 0. The molecule has 120 valence electrons. The summed E-state index contributed by atoms with van der Waals surface area (Å²) in [6.07, 6.45) is 8.74. The van der Waals surface area contributed by atoms with E-state index in [2.05, 4.69) is 19.9 Å². The predicted molar refractivity (Wildman–Crippen MR) is 87.2 cm³/mol. The summed E-state index contributed by atoms with van der Waals surface area (Å²) in [6, 6.07) is 5.56. The lowest BCUT2D eigenvalue weighted by molar-refractivity contribution is 0.0762. The molecule has 0 bridgehead atoms. The fourth-order valence-corrected chi connectivity index (χ4v) is 3.91. The van der Waals surface area contributed by atoms with Crippen molar-refractivity contribution in [2.24, 2.45) is 5.41 Å². The van der Waals surface area contributed by atoms with Gasteiger partial charge in [-0.25, -0.2) is 9.97 Å². The fourth-order valence-electron chi connectivity index (χ4n) is 3.91. The highest BCUT2D eigenvalue weighted by Crippen LogP contribution is 2.40. The molecule has 0 aliphatic carbocycles. The molecule has 23 heavy (non-hydrogen) atoms. The van der Waals surface area contributed by atoms with Crippen molar-refractivity contribution in [3.05, 3.63) is 42.5 Å². The standard InChI is InChI=1S/C17H21N5O/c23-15(14-4-1-7-18-14)21-11-6-17(12-21)5-2-10-22(13-17)16-19-8-3-9-20-16/h1,3-4,7-9,18H,2,5-6,10-13H2. The van der Waals surface area contributed by atoms with Crippen LogP contribution in [-0.4, -0.2) is 51.9 Å². The second-order valence-electron chi connectivity index (χ2n) is 6.63. The first-order valence-corrected chi connectivity index (χ1v) is 8.20. The van der Waals surface area contributed by atoms with Gasteiger partial charge in [-0.05, 0) is 37.5 Å². The van der Waals surface area contributed by atoms with Crippen molar-refractivity contribution in [1.29, 1.82) is 0 Å². The summed E-state index contributed by atoms with van der Waals surface area (Å²) >= 11 is 0. The zero-order valence-corrected chi connectivity index (χ0v) is 13.1. The second kappa shape index (κ2) is 5.68. The molecule has 0 saturated carbocycles. The molecule has 1 spiro atoms. The number of amides is 1. The molecule has 1 amide bonds. The highest BCUT2D eigenvalue weighted by Gasteiger charge is 2.43. The molecule has 2 aliphatic rings. The largest absolute Gasteiger partial charge is 0.357 e. The minimum absolute atomic E-state index is 0.111. The van der Waals surface area contributed by atoms with Gasteiger partial charge in [0.1, 0.15) is 5.69 Å². The third kappa shape index (κ3) is 2.69. The van der Waals surface area contributed by atoms with Gasteiger partial charge in [-0.1, -0.05) is 0 Å². The van der Waals surface area contributed by atoms with E-state index < -0.39 is 0 Å². The molecule has 2 saturated heterocycles. The van der Waals surface area contributed by atoms with Gasteiger partial charge in [0.05, 0.1) is 0 Å². The summed E-state index contributed by atoms with van der Waals surface area (Å²) in [6.45, 7) is 3.59. The van der Waals surface area contributed by atoms with Crippen LogP contribution in [0.5, 0.6) is 0 Å². The molecule has 6 heteroatoms. The minimum atomic E-state index is 0.111. The third-order valence-corrected chi connectivity index (χ3v) is 5.05. The average molecular weight is 311 g/mol. The van der Waals surface area contributed by atoms with Crippen LogP contribution in [-0.2, 0) is 0 Å². The van der Waals surface area contributed by atoms with E-state index >= 15 is 0 Å². The number of likely N-dealkylation sites (tertiary alicyclic amines) is 1. The summed E-state index contributed by atoms with van der Waals surface area (Å²) in [7, 11) is 0. The van der Waals surface area contributed by atoms with Gasteiger partial charge in [0.2, 0.25) is 5.95 Å². The number of piperidine rings is 1. The maximum Gasteiger partial charge on any atom is 0.270 e. The molecule has 4 heterocycles. The summed E-state index contributed by atoms with van der Waals surface area (Å²) in [4.78, 5) is 28.6. The number of nitrogens with one attached hydrogen (secondary N) is 1. The lowest BCUT2D eigenvalue weighted by Crippen LogP contribution is -2.46. The number of aromatic nitrogens is 3. The first kappa shape index (κ1) is 14.2. The number of nitrogens with zero attached hydrogens (tertiary/aromatic N) is 4. The van der Waals surface area contributed by atoms with Gasteiger partial charge < -0.3 is 14.8 Å². The lowest BCUT2D eigenvalue weighted by atomic mass is 9.79. The average Bonchev–Trinajstić information content (AvgIpc) is 3.26. The van der Waals surface area contributed by atoms with Crippen LogP contribution in [0.15, 0.2) is 36.8 Å². The Bertz CT molecular complexity index is 672. The van der Waals surface area contributed by atoms with E-state index in [1.165, 1.54) is 6.42 Å². The Balaban J connectivity index is 1.48. The first-order valence-electron chi connectivity index (χ1n) is 8.20. The number of aromatic amines is 1. The molecule has 1 atom stereocenters. The van der Waals surface area contributed by atoms with E-state index in [1.807, 2.05) is 23.1 Å². The number of hydrogen-bond acceptors (Lipinski definition) is 4. The summed E-state index contributed by atoms with van der Waals surface area (Å²) in [5, 5.41) is 0. The van der Waals surface area contributed by atoms with Gasteiger partial charge in [-0.3, -0.25) is 4.79 Å². The van der Waals surface area contributed by atoms with Gasteiger partial charge in [0.15, 0.2) is 0 Å². The third-order valence-electron chi connectivity index (χ3n) is 5.05. The van der Waals surface area contributed by atoms with Crippen LogP contribution in [0.2, 0.25) is 0 Å². The van der Waals surface area contributed by atoms with Gasteiger partial charge in [-0.2, -0.15) is 0 Å². The smallest absolute Gasteiger partial charge is 0.270 e. The monoisotopic (exact) mass is 311 g/mol. The Morgan fingerprint density at radius 1 is 1.13 bits per heavy atom. The summed E-state index contributed by atoms with van der Waals surface area (Å²) in [5.74, 6) is 0.917.